The second-order valence-corrected chi connectivity index (χ2v) is 5.09. The second-order valence-electron chi connectivity index (χ2n) is 3.87. The largest absolute Gasteiger partial charge is 0.465 e. The Hall–Kier alpha value is -2.05. The van der Waals surface area contributed by atoms with Gasteiger partial charge in [-0.3, -0.25) is 4.98 Å². The Bertz CT molecular complexity index is 789. The van der Waals surface area contributed by atoms with Crippen LogP contribution in [-0.4, -0.2) is 28.0 Å². The normalized spacial score (nSPS) is 10.7. The van der Waals surface area contributed by atoms with Crippen molar-refractivity contribution in [3.63, 3.8) is 0 Å². The summed E-state index contributed by atoms with van der Waals surface area (Å²) in [5.74, 6) is -0.0197. The van der Waals surface area contributed by atoms with Crippen molar-refractivity contribution < 1.29 is 9.53 Å². The van der Waals surface area contributed by atoms with Gasteiger partial charge in [-0.25, -0.2) is 14.8 Å². The van der Waals surface area contributed by atoms with Crippen LogP contribution >= 0.6 is 22.9 Å². The van der Waals surface area contributed by atoms with E-state index in [-0.39, 0.29) is 5.15 Å². The summed E-state index contributed by atoms with van der Waals surface area (Å²) in [6.45, 7) is 0. The van der Waals surface area contributed by atoms with Crippen molar-refractivity contribution in [3.8, 4) is 11.5 Å². The van der Waals surface area contributed by atoms with E-state index in [1.165, 1.54) is 18.4 Å². The predicted octanol–water partition coefficient (Wildman–Crippen LogP) is 3.19. The topological polar surface area (TPSA) is 65.0 Å². The van der Waals surface area contributed by atoms with Crippen LogP contribution < -0.4 is 0 Å². The number of esters is 1. The third-order valence-electron chi connectivity index (χ3n) is 2.69. The smallest absolute Gasteiger partial charge is 0.339 e. The molecule has 5 nitrogen and oxygen atoms in total. The number of ether oxygens (including phenoxy) is 1. The minimum absolute atomic E-state index is 0.220. The van der Waals surface area contributed by atoms with Gasteiger partial charge in [0.05, 0.1) is 18.1 Å². The monoisotopic (exact) mass is 305 g/mol. The molecule has 20 heavy (non-hydrogen) atoms. The van der Waals surface area contributed by atoms with E-state index in [2.05, 4.69) is 15.0 Å². The zero-order valence-corrected chi connectivity index (χ0v) is 11.9. The summed E-state index contributed by atoms with van der Waals surface area (Å²) in [4.78, 5) is 25.1. The van der Waals surface area contributed by atoms with E-state index >= 15 is 0 Å². The molecule has 3 aromatic rings. The maximum Gasteiger partial charge on any atom is 0.339 e. The van der Waals surface area contributed by atoms with Crippen LogP contribution in [-0.2, 0) is 4.74 Å². The maximum absolute atomic E-state index is 11.7. The average molecular weight is 306 g/mol. The molecule has 0 N–H and O–H groups in total. The molecule has 0 saturated heterocycles. The van der Waals surface area contributed by atoms with Gasteiger partial charge in [0, 0.05) is 11.6 Å². The van der Waals surface area contributed by atoms with Crippen LogP contribution in [0.5, 0.6) is 0 Å². The number of carbonyl (C=O) groups is 1. The third kappa shape index (κ3) is 2.13. The van der Waals surface area contributed by atoms with Crippen molar-refractivity contribution in [1.29, 1.82) is 0 Å². The fourth-order valence-electron chi connectivity index (χ4n) is 1.77. The molecule has 0 aliphatic carbocycles. The fourth-order valence-corrected chi connectivity index (χ4v) is 3.00. The molecule has 3 aromatic heterocycles. The van der Waals surface area contributed by atoms with Gasteiger partial charge in [0.2, 0.25) is 0 Å². The van der Waals surface area contributed by atoms with Gasteiger partial charge in [0.1, 0.15) is 15.7 Å². The molecule has 0 atom stereocenters. The van der Waals surface area contributed by atoms with Crippen molar-refractivity contribution in [2.75, 3.05) is 7.11 Å². The van der Waals surface area contributed by atoms with Crippen LogP contribution in [0.25, 0.3) is 21.7 Å². The molecule has 7 heteroatoms. The van der Waals surface area contributed by atoms with Gasteiger partial charge in [0.25, 0.3) is 0 Å². The first-order chi connectivity index (χ1) is 9.70. The van der Waals surface area contributed by atoms with E-state index in [4.69, 9.17) is 16.3 Å². The lowest BCUT2D eigenvalue weighted by Crippen LogP contribution is -2.01. The third-order valence-corrected chi connectivity index (χ3v) is 3.83. The van der Waals surface area contributed by atoms with E-state index in [9.17, 15) is 4.79 Å². The average Bonchev–Trinajstić information content (AvgIpc) is 2.92. The summed E-state index contributed by atoms with van der Waals surface area (Å²) in [6.07, 6.45) is 1.66. The lowest BCUT2D eigenvalue weighted by molar-refractivity contribution is 0.0603. The Labute approximate surface area is 123 Å². The molecule has 0 aromatic carbocycles. The van der Waals surface area contributed by atoms with Crippen LogP contribution in [0.15, 0.2) is 29.8 Å². The van der Waals surface area contributed by atoms with Gasteiger partial charge in [-0.1, -0.05) is 17.7 Å². The van der Waals surface area contributed by atoms with Gasteiger partial charge in [-0.05, 0) is 12.1 Å². The SMILES string of the molecule is COC(=O)c1csc2nc(-c3ccccn3)nc(Cl)c12. The molecule has 3 heterocycles. The van der Waals surface area contributed by atoms with Crippen LogP contribution in [0, 0.1) is 0 Å². The van der Waals surface area contributed by atoms with Gasteiger partial charge in [-0.2, -0.15) is 0 Å². The standard InChI is InChI=1S/C13H8ClN3O2S/c1-19-13(18)7-6-20-12-9(7)10(14)16-11(17-12)8-4-2-3-5-15-8/h2-6H,1H3. The predicted molar refractivity (Wildman–Crippen MR) is 77.0 cm³/mol. The molecule has 100 valence electrons. The van der Waals surface area contributed by atoms with Gasteiger partial charge >= 0.3 is 5.97 Å². The van der Waals surface area contributed by atoms with Crippen molar-refractivity contribution >= 4 is 39.1 Å². The number of fused-ring (bicyclic) bond motifs is 1. The number of methoxy groups -OCH3 is 1. The number of halogens is 1. The van der Waals surface area contributed by atoms with Crippen molar-refractivity contribution in [2.24, 2.45) is 0 Å². The molecule has 0 unspecified atom stereocenters. The Kier molecular flexibility index (Phi) is 3.33. The molecule has 0 spiro atoms. The molecule has 3 rings (SSSR count). The molecule has 0 amide bonds. The van der Waals surface area contributed by atoms with Crippen LogP contribution in [0.3, 0.4) is 0 Å². The zero-order valence-electron chi connectivity index (χ0n) is 10.3. The zero-order chi connectivity index (χ0) is 14.1. The first-order valence-electron chi connectivity index (χ1n) is 5.65. The maximum atomic E-state index is 11.7. The Morgan fingerprint density at radius 1 is 1.35 bits per heavy atom. The highest BCUT2D eigenvalue weighted by atomic mass is 35.5. The van der Waals surface area contributed by atoms with E-state index in [1.807, 2.05) is 12.1 Å². The van der Waals surface area contributed by atoms with Gasteiger partial charge in [0.15, 0.2) is 5.82 Å². The lowest BCUT2D eigenvalue weighted by atomic mass is 10.2. The number of thiophene rings is 1. The van der Waals surface area contributed by atoms with E-state index in [0.717, 1.165) is 0 Å². The fraction of sp³-hybridized carbons (Fsp3) is 0.0769. The minimum atomic E-state index is -0.452. The Morgan fingerprint density at radius 2 is 2.20 bits per heavy atom. The summed E-state index contributed by atoms with van der Waals surface area (Å²) >= 11 is 7.50. The summed E-state index contributed by atoms with van der Waals surface area (Å²) in [5.41, 5.74) is 1.01. The number of aromatic nitrogens is 3. The highest BCUT2D eigenvalue weighted by Crippen LogP contribution is 2.31. The van der Waals surface area contributed by atoms with E-state index < -0.39 is 5.97 Å². The first kappa shape index (κ1) is 13.0. The van der Waals surface area contributed by atoms with Gasteiger partial charge in [-0.15, -0.1) is 11.3 Å². The molecule has 0 radical (unpaired) electrons. The summed E-state index contributed by atoms with van der Waals surface area (Å²) in [6, 6.07) is 5.45. The first-order valence-corrected chi connectivity index (χ1v) is 6.91. The van der Waals surface area contributed by atoms with Crippen molar-refractivity contribution in [2.45, 2.75) is 0 Å². The second kappa shape index (κ2) is 5.15. The number of hydrogen-bond donors (Lipinski definition) is 0. The number of pyridine rings is 1. The number of nitrogens with zero attached hydrogens (tertiary/aromatic N) is 3. The minimum Gasteiger partial charge on any atom is -0.465 e. The van der Waals surface area contributed by atoms with E-state index in [0.29, 0.717) is 27.3 Å². The highest BCUT2D eigenvalue weighted by Gasteiger charge is 2.18. The molecule has 0 bridgehead atoms. The summed E-state index contributed by atoms with van der Waals surface area (Å²) < 4.78 is 4.71. The quantitative estimate of drug-likeness (QED) is 0.537. The van der Waals surface area contributed by atoms with E-state index in [1.54, 1.807) is 17.6 Å². The lowest BCUT2D eigenvalue weighted by Gasteiger charge is -2.02. The molecule has 0 fully saturated rings. The highest BCUT2D eigenvalue weighted by molar-refractivity contribution is 7.17. The molecule has 0 aliphatic rings. The van der Waals surface area contributed by atoms with Crippen molar-refractivity contribution in [1.82, 2.24) is 15.0 Å². The molecule has 0 saturated carbocycles. The van der Waals surface area contributed by atoms with Gasteiger partial charge < -0.3 is 4.74 Å². The summed E-state index contributed by atoms with van der Waals surface area (Å²) in [7, 11) is 1.32. The van der Waals surface area contributed by atoms with Crippen LogP contribution in [0.2, 0.25) is 5.15 Å². The number of rotatable bonds is 2. The Morgan fingerprint density at radius 3 is 2.90 bits per heavy atom. The van der Waals surface area contributed by atoms with Crippen molar-refractivity contribution in [3.05, 3.63) is 40.5 Å². The Balaban J connectivity index is 2.20. The molecular weight excluding hydrogens is 298 g/mol. The van der Waals surface area contributed by atoms with Crippen LogP contribution in [0.4, 0.5) is 0 Å². The summed E-state index contributed by atoms with van der Waals surface area (Å²) in [5, 5.41) is 2.40. The molecular formula is C13H8ClN3O2S. The molecule has 0 aliphatic heterocycles. The number of carbonyl (C=O) groups excluding carboxylic acids is 1. The van der Waals surface area contributed by atoms with Crippen LogP contribution in [0.1, 0.15) is 10.4 Å². The number of hydrogen-bond acceptors (Lipinski definition) is 6.